The fourth-order valence-corrected chi connectivity index (χ4v) is 4.15. The van der Waals surface area contributed by atoms with Crippen LogP contribution in [0.5, 0.6) is 0 Å². The number of carbonyl (C=O) groups is 1. The lowest BCUT2D eigenvalue weighted by molar-refractivity contribution is 0.0946. The molecule has 0 radical (unpaired) electrons. The molecular weight excluding hydrogens is 302 g/mol. The predicted molar refractivity (Wildman–Crippen MR) is 95.5 cm³/mol. The van der Waals surface area contributed by atoms with Gasteiger partial charge in [-0.25, -0.2) is 0 Å². The first-order chi connectivity index (χ1) is 11.6. The maximum atomic E-state index is 12.5. The zero-order chi connectivity index (χ0) is 17.1. The average molecular weight is 331 g/mol. The fourth-order valence-electron chi connectivity index (χ4n) is 4.15. The Labute approximate surface area is 144 Å². The van der Waals surface area contributed by atoms with Gasteiger partial charge in [0.2, 0.25) is 0 Å². The smallest absolute Gasteiger partial charge is 0.263 e. The minimum atomic E-state index is -0.215. The van der Waals surface area contributed by atoms with Crippen LogP contribution in [0.4, 0.5) is 0 Å². The van der Waals surface area contributed by atoms with E-state index in [9.17, 15) is 9.59 Å². The van der Waals surface area contributed by atoms with Crippen molar-refractivity contribution in [1.29, 1.82) is 0 Å². The number of aryl methyl sites for hydroxylation is 1. The monoisotopic (exact) mass is 331 g/mol. The van der Waals surface area contributed by atoms with Crippen molar-refractivity contribution < 1.29 is 4.79 Å². The molecule has 2 aliphatic rings. The van der Waals surface area contributed by atoms with Crippen LogP contribution in [0.2, 0.25) is 0 Å². The summed E-state index contributed by atoms with van der Waals surface area (Å²) in [6, 6.07) is 1.83. The fraction of sp³-hybridized carbons (Fsp3) is 0.684. The van der Waals surface area contributed by atoms with Gasteiger partial charge >= 0.3 is 0 Å². The molecule has 1 aromatic heterocycles. The Morgan fingerprint density at radius 2 is 2.04 bits per heavy atom. The zero-order valence-corrected chi connectivity index (χ0v) is 14.9. The molecule has 1 aliphatic carbocycles. The van der Waals surface area contributed by atoms with Crippen LogP contribution in [-0.2, 0) is 19.9 Å². The van der Waals surface area contributed by atoms with E-state index in [1.807, 2.05) is 6.07 Å². The van der Waals surface area contributed by atoms with Gasteiger partial charge in [-0.1, -0.05) is 0 Å². The molecule has 5 heteroatoms. The number of nitrogens with zero attached hydrogens (tertiary/aromatic N) is 2. The number of rotatable bonds is 4. The van der Waals surface area contributed by atoms with Gasteiger partial charge in [-0.3, -0.25) is 9.59 Å². The minimum absolute atomic E-state index is 0.162. The van der Waals surface area contributed by atoms with Crippen LogP contribution < -0.4 is 10.9 Å². The number of hydrogen-bond donors (Lipinski definition) is 1. The zero-order valence-electron chi connectivity index (χ0n) is 14.9. The van der Waals surface area contributed by atoms with Crippen LogP contribution in [0.1, 0.15) is 53.7 Å². The SMILES string of the molecule is CN1CCCC(CCNC(=O)c2cc3c(n(C)c2=O)CCCC3)C1. The van der Waals surface area contributed by atoms with Gasteiger partial charge in [0.05, 0.1) is 0 Å². The number of likely N-dealkylation sites (tertiary alicyclic amines) is 1. The Morgan fingerprint density at radius 3 is 2.83 bits per heavy atom. The number of fused-ring (bicyclic) bond motifs is 1. The van der Waals surface area contributed by atoms with Crippen LogP contribution in [0.3, 0.4) is 0 Å². The van der Waals surface area contributed by atoms with Crippen molar-refractivity contribution in [3.63, 3.8) is 0 Å². The molecule has 5 nitrogen and oxygen atoms in total. The van der Waals surface area contributed by atoms with Crippen LogP contribution in [-0.4, -0.2) is 42.1 Å². The summed E-state index contributed by atoms with van der Waals surface area (Å²) in [5.74, 6) is 0.434. The molecule has 1 atom stereocenters. The molecule has 1 fully saturated rings. The molecule has 0 spiro atoms. The summed E-state index contributed by atoms with van der Waals surface area (Å²) < 4.78 is 1.68. The van der Waals surface area contributed by atoms with Gasteiger partial charge in [0.25, 0.3) is 11.5 Å². The highest BCUT2D eigenvalue weighted by Gasteiger charge is 2.20. The van der Waals surface area contributed by atoms with Crippen LogP contribution >= 0.6 is 0 Å². The van der Waals surface area contributed by atoms with Gasteiger partial charge in [0, 0.05) is 25.8 Å². The molecule has 0 aromatic carbocycles. The lowest BCUT2D eigenvalue weighted by atomic mass is 9.94. The van der Waals surface area contributed by atoms with Gasteiger partial charge in [-0.2, -0.15) is 0 Å². The van der Waals surface area contributed by atoms with Gasteiger partial charge < -0.3 is 14.8 Å². The van der Waals surface area contributed by atoms with Crippen molar-refractivity contribution in [3.8, 4) is 0 Å². The maximum absolute atomic E-state index is 12.5. The van der Waals surface area contributed by atoms with E-state index in [1.165, 1.54) is 24.9 Å². The molecule has 1 amide bonds. The van der Waals surface area contributed by atoms with Crippen LogP contribution in [0, 0.1) is 5.92 Å². The molecular formula is C19H29N3O2. The van der Waals surface area contributed by atoms with E-state index in [1.54, 1.807) is 11.6 Å². The first-order valence-electron chi connectivity index (χ1n) is 9.25. The highest BCUT2D eigenvalue weighted by molar-refractivity contribution is 5.94. The van der Waals surface area contributed by atoms with Gasteiger partial charge in [0.1, 0.15) is 5.56 Å². The van der Waals surface area contributed by atoms with Crippen molar-refractivity contribution in [3.05, 3.63) is 33.2 Å². The van der Waals surface area contributed by atoms with E-state index in [0.717, 1.165) is 44.3 Å². The summed E-state index contributed by atoms with van der Waals surface area (Å²) in [4.78, 5) is 27.3. The maximum Gasteiger partial charge on any atom is 0.263 e. The summed E-state index contributed by atoms with van der Waals surface area (Å²) in [6.07, 6.45) is 7.64. The predicted octanol–water partition coefficient (Wildman–Crippen LogP) is 1.73. The minimum Gasteiger partial charge on any atom is -0.352 e. The van der Waals surface area contributed by atoms with Crippen molar-refractivity contribution in [2.75, 3.05) is 26.7 Å². The molecule has 1 unspecified atom stereocenters. The lowest BCUT2D eigenvalue weighted by Crippen LogP contribution is -2.37. The first kappa shape index (κ1) is 17.2. The van der Waals surface area contributed by atoms with Gasteiger partial charge in [-0.15, -0.1) is 0 Å². The number of amides is 1. The average Bonchev–Trinajstić information content (AvgIpc) is 2.58. The highest BCUT2D eigenvalue weighted by atomic mass is 16.2. The summed E-state index contributed by atoms with van der Waals surface area (Å²) in [7, 11) is 3.95. The number of hydrogen-bond acceptors (Lipinski definition) is 3. The topological polar surface area (TPSA) is 54.3 Å². The van der Waals surface area contributed by atoms with Gasteiger partial charge in [0.15, 0.2) is 0 Å². The Balaban J connectivity index is 1.63. The van der Waals surface area contributed by atoms with E-state index in [0.29, 0.717) is 18.0 Å². The number of nitrogens with one attached hydrogen (secondary N) is 1. The first-order valence-corrected chi connectivity index (χ1v) is 9.25. The Morgan fingerprint density at radius 1 is 1.25 bits per heavy atom. The third kappa shape index (κ3) is 3.72. The van der Waals surface area contributed by atoms with Crippen LogP contribution in [0.15, 0.2) is 10.9 Å². The van der Waals surface area contributed by atoms with E-state index in [4.69, 9.17) is 0 Å². The summed E-state index contributed by atoms with van der Waals surface area (Å²) >= 11 is 0. The summed E-state index contributed by atoms with van der Waals surface area (Å²) in [5, 5.41) is 2.97. The second kappa shape index (κ2) is 7.51. The number of pyridine rings is 1. The molecule has 0 saturated carbocycles. The van der Waals surface area contributed by atoms with E-state index >= 15 is 0 Å². The van der Waals surface area contributed by atoms with Crippen molar-refractivity contribution in [2.24, 2.45) is 13.0 Å². The molecule has 1 saturated heterocycles. The Hall–Kier alpha value is -1.62. The highest BCUT2D eigenvalue weighted by Crippen LogP contribution is 2.20. The van der Waals surface area contributed by atoms with Gasteiger partial charge in [-0.05, 0) is 76.1 Å². The summed E-state index contributed by atoms with van der Waals surface area (Å²) in [6.45, 7) is 2.93. The third-order valence-corrected chi connectivity index (χ3v) is 5.54. The number of carbonyl (C=O) groups excluding carboxylic acids is 1. The molecule has 132 valence electrons. The van der Waals surface area contributed by atoms with E-state index < -0.39 is 0 Å². The second-order valence-electron chi connectivity index (χ2n) is 7.42. The molecule has 1 N–H and O–H groups in total. The number of aromatic nitrogens is 1. The number of piperidine rings is 1. The molecule has 0 bridgehead atoms. The van der Waals surface area contributed by atoms with E-state index in [-0.39, 0.29) is 11.5 Å². The standard InChI is InChI=1S/C19H29N3O2/c1-21-11-5-6-14(13-21)9-10-20-18(23)16-12-15-7-3-4-8-17(15)22(2)19(16)24/h12,14H,3-11,13H2,1-2H3,(H,20,23). The Kier molecular flexibility index (Phi) is 5.39. The van der Waals surface area contributed by atoms with Crippen LogP contribution in [0.25, 0.3) is 0 Å². The Bertz CT molecular complexity index is 665. The normalized spacial score (nSPS) is 21.3. The van der Waals surface area contributed by atoms with E-state index in [2.05, 4.69) is 17.3 Å². The molecule has 3 rings (SSSR count). The third-order valence-electron chi connectivity index (χ3n) is 5.54. The molecule has 2 heterocycles. The lowest BCUT2D eigenvalue weighted by Gasteiger charge is -2.29. The second-order valence-corrected chi connectivity index (χ2v) is 7.42. The van der Waals surface area contributed by atoms with Crippen molar-refractivity contribution >= 4 is 5.91 Å². The van der Waals surface area contributed by atoms with Crippen molar-refractivity contribution in [2.45, 2.75) is 44.9 Å². The quantitative estimate of drug-likeness (QED) is 0.914. The van der Waals surface area contributed by atoms with Crippen molar-refractivity contribution in [1.82, 2.24) is 14.8 Å². The molecule has 24 heavy (non-hydrogen) atoms. The largest absolute Gasteiger partial charge is 0.352 e. The molecule has 1 aromatic rings. The summed E-state index contributed by atoms with van der Waals surface area (Å²) in [5.41, 5.74) is 2.42. The molecule has 1 aliphatic heterocycles.